The highest BCUT2D eigenvalue weighted by atomic mass is 79.9. The van der Waals surface area contributed by atoms with Crippen molar-refractivity contribution in [3.05, 3.63) is 77.4 Å². The number of nitrogens with zero attached hydrogens (tertiary/aromatic N) is 3. The maximum atomic E-state index is 14.1. The number of benzene rings is 2. The van der Waals surface area contributed by atoms with Crippen LogP contribution in [0.5, 0.6) is 0 Å². The van der Waals surface area contributed by atoms with Gasteiger partial charge in [0.05, 0.1) is 10.5 Å². The normalized spacial score (nSPS) is 23.5. The molecule has 1 unspecified atom stereocenters. The van der Waals surface area contributed by atoms with E-state index < -0.39 is 16.1 Å². The Morgan fingerprint density at radius 2 is 1.88 bits per heavy atom. The quantitative estimate of drug-likeness (QED) is 0.402. The Balaban J connectivity index is 1.96. The summed E-state index contributed by atoms with van der Waals surface area (Å²) < 4.78 is 1.46. The summed E-state index contributed by atoms with van der Waals surface area (Å²) in [6.07, 6.45) is 0. The molecule has 8 nitrogen and oxygen atoms in total. The van der Waals surface area contributed by atoms with Crippen molar-refractivity contribution in [1.29, 1.82) is 5.26 Å². The molecule has 2 aliphatic heterocycles. The van der Waals surface area contributed by atoms with Gasteiger partial charge in [-0.2, -0.15) is 5.26 Å². The minimum Gasteiger partial charge on any atom is -0.384 e. The largest absolute Gasteiger partial charge is 0.384 e. The molecule has 0 radical (unpaired) electrons. The Morgan fingerprint density at radius 3 is 2.50 bits per heavy atom. The zero-order valence-electron chi connectivity index (χ0n) is 17.1. The van der Waals surface area contributed by atoms with Crippen LogP contribution >= 0.6 is 31.9 Å². The maximum Gasteiger partial charge on any atom is 0.309 e. The van der Waals surface area contributed by atoms with Crippen LogP contribution in [0.4, 0.5) is 0 Å². The predicted molar refractivity (Wildman–Crippen MR) is 125 cm³/mol. The van der Waals surface area contributed by atoms with Gasteiger partial charge in [0.1, 0.15) is 11.9 Å². The molecule has 1 spiro atoms. The molecule has 0 amide bonds. The fourth-order valence-electron chi connectivity index (χ4n) is 5.11. The second-order valence-corrected chi connectivity index (χ2v) is 10.7. The molecule has 1 atom stereocenters. The molecule has 0 saturated carbocycles. The number of Topliss-reactive ketones (excluding diaryl/α,β-unsaturated/α-hetero) is 1. The van der Waals surface area contributed by atoms with Crippen LogP contribution in [0.25, 0.3) is 10.8 Å². The molecule has 0 aromatic heterocycles. The van der Waals surface area contributed by atoms with E-state index in [0.29, 0.717) is 35.0 Å². The van der Waals surface area contributed by atoms with Crippen molar-refractivity contribution >= 4 is 48.4 Å². The molecule has 3 aliphatic rings. The average molecular weight is 559 g/mol. The van der Waals surface area contributed by atoms with E-state index in [4.69, 9.17) is 5.73 Å². The first-order valence-electron chi connectivity index (χ1n) is 9.83. The molecule has 1 aliphatic carbocycles. The zero-order chi connectivity index (χ0) is 23.2. The minimum absolute atomic E-state index is 0.0599. The third-order valence-corrected chi connectivity index (χ3v) is 7.76. The van der Waals surface area contributed by atoms with Crippen molar-refractivity contribution in [2.45, 2.75) is 19.3 Å². The molecular formula is C22H17Br2N5O3. The number of rotatable bonds is 1. The van der Waals surface area contributed by atoms with Crippen LogP contribution in [0, 0.1) is 26.9 Å². The number of nitro groups is 1. The summed E-state index contributed by atoms with van der Waals surface area (Å²) in [7, 11) is 0. The molecule has 2 aromatic carbocycles. The molecule has 10 heteroatoms. The highest BCUT2D eigenvalue weighted by Gasteiger charge is 2.64. The van der Waals surface area contributed by atoms with Gasteiger partial charge in [0.2, 0.25) is 0 Å². The number of hydrogen-bond donors (Lipinski definition) is 2. The lowest BCUT2D eigenvalue weighted by molar-refractivity contribution is -0.435. The highest BCUT2D eigenvalue weighted by molar-refractivity contribution is 9.11. The number of halogens is 2. The minimum atomic E-state index is -1.93. The van der Waals surface area contributed by atoms with Crippen LogP contribution in [0.2, 0.25) is 0 Å². The Bertz CT molecular complexity index is 1380. The van der Waals surface area contributed by atoms with E-state index in [1.54, 1.807) is 29.2 Å². The van der Waals surface area contributed by atoms with Gasteiger partial charge in [-0.05, 0) is 29.1 Å². The molecule has 0 bridgehead atoms. The molecule has 162 valence electrons. The van der Waals surface area contributed by atoms with Crippen molar-refractivity contribution in [1.82, 2.24) is 10.2 Å². The van der Waals surface area contributed by atoms with E-state index in [0.717, 1.165) is 8.95 Å². The summed E-state index contributed by atoms with van der Waals surface area (Å²) in [5, 5.41) is 27.2. The number of nitriles is 1. The molecule has 1 saturated heterocycles. The first-order chi connectivity index (χ1) is 15.1. The van der Waals surface area contributed by atoms with Crippen LogP contribution in [0.1, 0.15) is 29.8 Å². The average Bonchev–Trinajstić information content (AvgIpc) is 2.96. The van der Waals surface area contributed by atoms with Crippen molar-refractivity contribution in [2.75, 3.05) is 13.1 Å². The number of ketones is 1. The Kier molecular flexibility index (Phi) is 4.30. The summed E-state index contributed by atoms with van der Waals surface area (Å²) in [4.78, 5) is 27.7. The van der Waals surface area contributed by atoms with Crippen LogP contribution in [-0.4, -0.2) is 28.7 Å². The van der Waals surface area contributed by atoms with Crippen molar-refractivity contribution in [3.8, 4) is 6.07 Å². The molecule has 32 heavy (non-hydrogen) atoms. The van der Waals surface area contributed by atoms with Crippen molar-refractivity contribution in [2.24, 2.45) is 11.1 Å². The lowest BCUT2D eigenvalue weighted by Crippen LogP contribution is -2.57. The lowest BCUT2D eigenvalue weighted by Gasteiger charge is -2.45. The van der Waals surface area contributed by atoms with Gasteiger partial charge >= 0.3 is 5.70 Å². The summed E-state index contributed by atoms with van der Waals surface area (Å²) in [6, 6.07) is 8.85. The smallest absolute Gasteiger partial charge is 0.309 e. The van der Waals surface area contributed by atoms with Gasteiger partial charge in [-0.15, -0.1) is 0 Å². The third kappa shape index (κ3) is 2.38. The van der Waals surface area contributed by atoms with Crippen molar-refractivity contribution in [3.63, 3.8) is 0 Å². The molecule has 5 rings (SSSR count). The first-order valence-corrected chi connectivity index (χ1v) is 11.4. The van der Waals surface area contributed by atoms with E-state index >= 15 is 0 Å². The summed E-state index contributed by atoms with van der Waals surface area (Å²) in [5.41, 5.74) is 4.54. The fourth-order valence-corrected chi connectivity index (χ4v) is 6.46. The first kappa shape index (κ1) is 21.0. The van der Waals surface area contributed by atoms with E-state index in [1.807, 2.05) is 13.8 Å². The monoisotopic (exact) mass is 557 g/mol. The molecular weight excluding hydrogens is 542 g/mol. The van der Waals surface area contributed by atoms with E-state index in [1.165, 1.54) is 0 Å². The summed E-state index contributed by atoms with van der Waals surface area (Å²) in [6.45, 7) is 4.84. The van der Waals surface area contributed by atoms with Gasteiger partial charge in [-0.25, -0.2) is 0 Å². The topological polar surface area (TPSA) is 125 Å². The third-order valence-electron chi connectivity index (χ3n) is 6.43. The van der Waals surface area contributed by atoms with Gasteiger partial charge in [-0.1, -0.05) is 51.8 Å². The summed E-state index contributed by atoms with van der Waals surface area (Å²) in [5.74, 6) is -0.292. The number of fused-ring (bicyclic) bond motifs is 2. The SMILES string of the molecule is CC1(C)CNC2=C([N+](=O)[O-])C3(C(=O)c4ccc(Br)c5c(Br)ccc3c45)C(C#N)=C(N)N2C1. The standard InChI is InChI=1S/C22H17Br2N5O3/c1-21(2)8-27-20-17(29(31)32)22(12(7-25)19(26)28(20)9-21)11-4-6-14(24)16-13(23)5-3-10(15(11)16)18(22)30/h3-6,27H,8-9,26H2,1-2H3. The highest BCUT2D eigenvalue weighted by Crippen LogP contribution is 2.56. The van der Waals surface area contributed by atoms with Crippen molar-refractivity contribution < 1.29 is 9.72 Å². The second-order valence-electron chi connectivity index (χ2n) is 8.95. The number of nitrogens with one attached hydrogen (secondary N) is 1. The van der Waals surface area contributed by atoms with Crippen LogP contribution in [-0.2, 0) is 5.41 Å². The molecule has 1 fully saturated rings. The Hall–Kier alpha value is -2.90. The molecule has 2 heterocycles. The van der Waals surface area contributed by atoms with Crippen LogP contribution < -0.4 is 11.1 Å². The molecule has 2 aromatic rings. The number of nitrogens with two attached hydrogens (primary N) is 1. The predicted octanol–water partition coefficient (Wildman–Crippen LogP) is 3.88. The number of hydrogen-bond acceptors (Lipinski definition) is 7. The van der Waals surface area contributed by atoms with Gasteiger partial charge in [0.15, 0.2) is 17.0 Å². The van der Waals surface area contributed by atoms with E-state index in [2.05, 4.69) is 43.2 Å². The lowest BCUT2D eigenvalue weighted by atomic mass is 9.69. The van der Waals surface area contributed by atoms with Gasteiger partial charge in [0, 0.05) is 38.4 Å². The Morgan fingerprint density at radius 1 is 1.22 bits per heavy atom. The summed E-state index contributed by atoms with van der Waals surface area (Å²) >= 11 is 7.05. The van der Waals surface area contributed by atoms with Gasteiger partial charge in [0.25, 0.3) is 0 Å². The fraction of sp³-hybridized carbons (Fsp3) is 0.273. The maximum absolute atomic E-state index is 14.1. The van der Waals surface area contributed by atoms with E-state index in [9.17, 15) is 20.2 Å². The number of carbonyl (C=O) groups excluding carboxylic acids is 1. The second kappa shape index (κ2) is 6.56. The van der Waals surface area contributed by atoms with E-state index in [-0.39, 0.29) is 28.3 Å². The Labute approximate surface area is 200 Å². The van der Waals surface area contributed by atoms with Crippen LogP contribution in [0.15, 0.2) is 56.1 Å². The van der Waals surface area contributed by atoms with Gasteiger partial charge < -0.3 is 16.0 Å². The number of allylic oxidation sites excluding steroid dienone is 1. The zero-order valence-corrected chi connectivity index (χ0v) is 20.3. The number of carbonyl (C=O) groups is 1. The molecule has 3 N–H and O–H groups in total. The van der Waals surface area contributed by atoms with Gasteiger partial charge in [-0.3, -0.25) is 14.9 Å². The van der Waals surface area contributed by atoms with Crippen LogP contribution in [0.3, 0.4) is 0 Å².